The predicted molar refractivity (Wildman–Crippen MR) is 157 cm³/mol. The van der Waals surface area contributed by atoms with E-state index in [0.29, 0.717) is 46.2 Å². The van der Waals surface area contributed by atoms with E-state index in [2.05, 4.69) is 30.5 Å². The van der Waals surface area contributed by atoms with Gasteiger partial charge in [-0.25, -0.2) is 9.37 Å². The highest BCUT2D eigenvalue weighted by atomic mass is 19.1. The number of hydrogen-bond acceptors (Lipinski definition) is 5. The van der Waals surface area contributed by atoms with E-state index < -0.39 is 0 Å². The lowest BCUT2D eigenvalue weighted by molar-refractivity contribution is -0.117. The van der Waals surface area contributed by atoms with Gasteiger partial charge in [0.25, 0.3) is 0 Å². The Morgan fingerprint density at radius 1 is 0.951 bits per heavy atom. The summed E-state index contributed by atoms with van der Waals surface area (Å²) in [5.74, 6) is 0.186. The van der Waals surface area contributed by atoms with Crippen molar-refractivity contribution in [2.75, 3.05) is 5.32 Å². The molecule has 0 unspecified atom stereocenters. The molecule has 5 aromatic heterocycles. The molecule has 41 heavy (non-hydrogen) atoms. The van der Waals surface area contributed by atoms with Crippen LogP contribution < -0.4 is 5.32 Å². The van der Waals surface area contributed by atoms with Crippen LogP contribution in [-0.2, 0) is 4.79 Å². The highest BCUT2D eigenvalue weighted by Gasteiger charge is 2.18. The number of nitrogens with zero attached hydrogens (tertiary/aromatic N) is 4. The summed E-state index contributed by atoms with van der Waals surface area (Å²) < 4.78 is 13.9. The number of H-pyrrole nitrogens is 2. The summed E-state index contributed by atoms with van der Waals surface area (Å²) in [4.78, 5) is 29.9. The summed E-state index contributed by atoms with van der Waals surface area (Å²) in [6.45, 7) is 0. The van der Waals surface area contributed by atoms with E-state index in [4.69, 9.17) is 4.98 Å². The maximum Gasteiger partial charge on any atom is 0.224 e. The topological polar surface area (TPSA) is 112 Å². The van der Waals surface area contributed by atoms with Crippen LogP contribution in [0.3, 0.4) is 0 Å². The second kappa shape index (κ2) is 10.6. The molecule has 9 heteroatoms. The predicted octanol–water partition coefficient (Wildman–Crippen LogP) is 7.28. The van der Waals surface area contributed by atoms with Crippen molar-refractivity contribution >= 4 is 33.5 Å². The first-order valence-electron chi connectivity index (χ1n) is 14.0. The zero-order valence-electron chi connectivity index (χ0n) is 22.3. The molecule has 8 nitrogen and oxygen atoms in total. The molecule has 1 aliphatic carbocycles. The number of rotatable bonds is 6. The van der Waals surface area contributed by atoms with Crippen molar-refractivity contribution in [3.63, 3.8) is 0 Å². The van der Waals surface area contributed by atoms with Crippen LogP contribution >= 0.6 is 0 Å². The average Bonchev–Trinajstić information content (AvgIpc) is 3.61. The van der Waals surface area contributed by atoms with Crippen LogP contribution in [0.2, 0.25) is 0 Å². The van der Waals surface area contributed by atoms with Gasteiger partial charge in [0.15, 0.2) is 0 Å². The van der Waals surface area contributed by atoms with Crippen molar-refractivity contribution < 1.29 is 9.18 Å². The number of aromatic amines is 2. The SMILES string of the molecule is O=C(CC1CCCCC1)Nc1cncc(-c2ccc3[nH]nc(-c4cc5c(-c6cccc(F)c6)nccc5[nH]4)c3n2)c1. The van der Waals surface area contributed by atoms with E-state index in [9.17, 15) is 9.18 Å². The lowest BCUT2D eigenvalue weighted by atomic mass is 9.87. The maximum atomic E-state index is 13.9. The number of carbonyl (C=O) groups is 1. The molecule has 1 aliphatic rings. The Morgan fingerprint density at radius 2 is 1.85 bits per heavy atom. The van der Waals surface area contributed by atoms with Crippen LogP contribution in [0.1, 0.15) is 38.5 Å². The minimum absolute atomic E-state index is 0.0299. The van der Waals surface area contributed by atoms with Crippen LogP contribution in [0.15, 0.2) is 73.2 Å². The molecule has 204 valence electrons. The minimum Gasteiger partial charge on any atom is -0.353 e. The molecule has 7 rings (SSSR count). The Labute approximate surface area is 235 Å². The van der Waals surface area contributed by atoms with Crippen molar-refractivity contribution in [2.45, 2.75) is 38.5 Å². The van der Waals surface area contributed by atoms with E-state index in [0.717, 1.165) is 40.5 Å². The van der Waals surface area contributed by atoms with Gasteiger partial charge in [0.1, 0.15) is 17.0 Å². The molecule has 0 aliphatic heterocycles. The van der Waals surface area contributed by atoms with Crippen LogP contribution in [0.5, 0.6) is 0 Å². The molecule has 0 saturated heterocycles. The summed E-state index contributed by atoms with van der Waals surface area (Å²) in [6, 6.07) is 16.0. The van der Waals surface area contributed by atoms with Crippen molar-refractivity contribution in [1.82, 2.24) is 30.1 Å². The lowest BCUT2D eigenvalue weighted by Gasteiger charge is -2.20. The van der Waals surface area contributed by atoms with Gasteiger partial charge in [0, 0.05) is 40.8 Å². The van der Waals surface area contributed by atoms with Gasteiger partial charge in [-0.3, -0.25) is 19.9 Å². The van der Waals surface area contributed by atoms with Crippen molar-refractivity contribution in [3.8, 4) is 33.9 Å². The normalized spacial score (nSPS) is 14.1. The average molecular weight is 546 g/mol. The van der Waals surface area contributed by atoms with Gasteiger partial charge in [-0.15, -0.1) is 0 Å². The minimum atomic E-state index is -0.311. The fraction of sp³-hybridized carbons (Fsp3) is 0.219. The summed E-state index contributed by atoms with van der Waals surface area (Å²) >= 11 is 0. The molecule has 0 radical (unpaired) electrons. The Kier molecular flexibility index (Phi) is 6.47. The number of nitrogens with one attached hydrogen (secondary N) is 3. The van der Waals surface area contributed by atoms with E-state index >= 15 is 0 Å². The number of halogens is 1. The first kappa shape index (κ1) is 25.1. The van der Waals surface area contributed by atoms with E-state index in [1.165, 1.54) is 31.4 Å². The molecule has 6 aromatic rings. The quantitative estimate of drug-likeness (QED) is 0.204. The van der Waals surface area contributed by atoms with Crippen LogP contribution in [0.4, 0.5) is 10.1 Å². The number of pyridine rings is 3. The van der Waals surface area contributed by atoms with E-state index in [-0.39, 0.29) is 11.7 Å². The molecular weight excluding hydrogens is 517 g/mol. The number of amides is 1. The second-order valence-electron chi connectivity index (χ2n) is 10.7. The van der Waals surface area contributed by atoms with Crippen LogP contribution in [0, 0.1) is 11.7 Å². The summed E-state index contributed by atoms with van der Waals surface area (Å²) in [6.07, 6.45) is 11.6. The molecule has 3 N–H and O–H groups in total. The number of anilines is 1. The van der Waals surface area contributed by atoms with Gasteiger partial charge >= 0.3 is 0 Å². The van der Waals surface area contributed by atoms with Crippen molar-refractivity contribution in [2.24, 2.45) is 5.92 Å². The molecule has 1 amide bonds. The van der Waals surface area contributed by atoms with Gasteiger partial charge in [-0.05, 0) is 61.2 Å². The van der Waals surface area contributed by atoms with Gasteiger partial charge < -0.3 is 10.3 Å². The zero-order valence-corrected chi connectivity index (χ0v) is 22.3. The number of carbonyl (C=O) groups excluding carboxylic acids is 1. The first-order chi connectivity index (χ1) is 20.1. The molecule has 5 heterocycles. The summed E-state index contributed by atoms with van der Waals surface area (Å²) in [5, 5.41) is 11.5. The molecular formula is C32H28FN7O. The number of hydrogen-bond donors (Lipinski definition) is 3. The molecule has 0 bridgehead atoms. The highest BCUT2D eigenvalue weighted by molar-refractivity contribution is 5.99. The number of fused-ring (bicyclic) bond motifs is 2. The smallest absolute Gasteiger partial charge is 0.224 e. The van der Waals surface area contributed by atoms with Gasteiger partial charge in [-0.1, -0.05) is 31.4 Å². The molecule has 0 spiro atoms. The van der Waals surface area contributed by atoms with Crippen LogP contribution in [-0.4, -0.2) is 36.0 Å². The van der Waals surface area contributed by atoms with Gasteiger partial charge in [-0.2, -0.15) is 5.10 Å². The molecule has 0 atom stereocenters. The zero-order chi connectivity index (χ0) is 27.8. The Hall–Kier alpha value is -4.92. The molecule has 1 fully saturated rings. The summed E-state index contributed by atoms with van der Waals surface area (Å²) in [5.41, 5.74) is 7.33. The van der Waals surface area contributed by atoms with Gasteiger partial charge in [0.2, 0.25) is 5.91 Å². The standard InChI is InChI=1S/C32H28FN7O/c33-22-8-4-7-20(14-22)30-24-16-28(37-26(24)11-12-35-30)32-31-27(39-40-32)10-9-25(38-31)21-15-23(18-34-17-21)36-29(41)13-19-5-2-1-3-6-19/h4,7-12,14-19,37H,1-3,5-6,13H2,(H,36,41)(H,39,40). The fourth-order valence-corrected chi connectivity index (χ4v) is 5.81. The van der Waals surface area contributed by atoms with Gasteiger partial charge in [0.05, 0.1) is 34.5 Å². The first-order valence-corrected chi connectivity index (χ1v) is 14.0. The van der Waals surface area contributed by atoms with E-state index in [1.807, 2.05) is 36.4 Å². The molecule has 1 aromatic carbocycles. The summed E-state index contributed by atoms with van der Waals surface area (Å²) in [7, 11) is 0. The van der Waals surface area contributed by atoms with Crippen molar-refractivity contribution in [1.29, 1.82) is 0 Å². The maximum absolute atomic E-state index is 13.9. The Balaban J connectivity index is 1.19. The second-order valence-corrected chi connectivity index (χ2v) is 10.7. The third-order valence-corrected chi connectivity index (χ3v) is 7.83. The highest BCUT2D eigenvalue weighted by Crippen LogP contribution is 2.33. The Morgan fingerprint density at radius 3 is 2.73 bits per heavy atom. The molecule has 1 saturated carbocycles. The lowest BCUT2D eigenvalue weighted by Crippen LogP contribution is -2.18. The van der Waals surface area contributed by atoms with Crippen molar-refractivity contribution in [3.05, 3.63) is 79.0 Å². The fourth-order valence-electron chi connectivity index (χ4n) is 5.81. The Bertz CT molecular complexity index is 1890. The van der Waals surface area contributed by atoms with Crippen LogP contribution in [0.25, 0.3) is 55.8 Å². The largest absolute Gasteiger partial charge is 0.353 e. The number of benzene rings is 1. The van der Waals surface area contributed by atoms with E-state index in [1.54, 1.807) is 24.7 Å². The third-order valence-electron chi connectivity index (χ3n) is 7.83. The monoisotopic (exact) mass is 545 g/mol. The number of aromatic nitrogens is 6. The third kappa shape index (κ3) is 5.06.